The van der Waals surface area contributed by atoms with E-state index < -0.39 is 0 Å². The van der Waals surface area contributed by atoms with Gasteiger partial charge >= 0.3 is 0 Å². The number of pyridine rings is 1. The molecule has 4 aromatic rings. The maximum Gasteiger partial charge on any atom is 0.109 e. The maximum atomic E-state index is 6.26. The Morgan fingerprint density at radius 2 is 1.71 bits per heavy atom. The highest BCUT2D eigenvalue weighted by atomic mass is 35.5. The van der Waals surface area contributed by atoms with Crippen LogP contribution in [0.3, 0.4) is 0 Å². The summed E-state index contributed by atoms with van der Waals surface area (Å²) in [6.45, 7) is 9.60. The molecule has 9 heteroatoms. The summed E-state index contributed by atoms with van der Waals surface area (Å²) < 4.78 is 5.64. The molecule has 0 amide bonds. The van der Waals surface area contributed by atoms with Gasteiger partial charge in [-0.15, -0.1) is 0 Å². The summed E-state index contributed by atoms with van der Waals surface area (Å²) in [5.41, 5.74) is 6.88. The van der Waals surface area contributed by atoms with Crippen LogP contribution in [-0.4, -0.2) is 79.8 Å². The first kappa shape index (κ1) is 30.8. The van der Waals surface area contributed by atoms with Gasteiger partial charge in [0.15, 0.2) is 0 Å². The maximum absolute atomic E-state index is 6.26. The Kier molecular flexibility index (Phi) is 10.4. The average molecular weight is 622 g/mol. The lowest BCUT2D eigenvalue weighted by atomic mass is 9.96. The van der Waals surface area contributed by atoms with Gasteiger partial charge in [0.05, 0.1) is 31.3 Å². The SMILES string of the molecule is Cc1ccc(C(Nc2ccnc3cc(Cl)ccc23)c2ccc(CN3CCN(/C4=C/C=NC=NCCOCCN4)CC3)cc2)cc1. The number of halogens is 1. The van der Waals surface area contributed by atoms with E-state index in [1.54, 1.807) is 6.34 Å². The molecule has 1 aromatic heterocycles. The van der Waals surface area contributed by atoms with E-state index in [-0.39, 0.29) is 6.04 Å². The zero-order valence-electron chi connectivity index (χ0n) is 25.7. The molecule has 45 heavy (non-hydrogen) atoms. The number of fused-ring (bicyclic) bond motifs is 1. The van der Waals surface area contributed by atoms with Crippen molar-refractivity contribution in [2.45, 2.75) is 19.5 Å². The minimum atomic E-state index is -0.0172. The number of hydrogen-bond donors (Lipinski definition) is 2. The second-order valence-corrected chi connectivity index (χ2v) is 11.9. The Morgan fingerprint density at radius 1 is 0.933 bits per heavy atom. The third-order valence-corrected chi connectivity index (χ3v) is 8.47. The summed E-state index contributed by atoms with van der Waals surface area (Å²) in [5.74, 6) is 1.08. The molecule has 3 heterocycles. The number of hydrogen-bond acceptors (Lipinski definition) is 8. The lowest BCUT2D eigenvalue weighted by molar-refractivity contribution is 0.131. The Balaban J connectivity index is 1.13. The van der Waals surface area contributed by atoms with E-state index in [4.69, 9.17) is 16.3 Å². The van der Waals surface area contributed by atoms with Gasteiger partial charge in [0.1, 0.15) is 12.2 Å². The Morgan fingerprint density at radius 3 is 2.51 bits per heavy atom. The van der Waals surface area contributed by atoms with E-state index in [1.807, 2.05) is 42.8 Å². The predicted molar refractivity (Wildman–Crippen MR) is 185 cm³/mol. The van der Waals surface area contributed by atoms with Crippen LogP contribution < -0.4 is 10.6 Å². The number of piperazine rings is 1. The van der Waals surface area contributed by atoms with Crippen LogP contribution in [0.25, 0.3) is 10.9 Å². The fourth-order valence-electron chi connectivity index (χ4n) is 5.74. The van der Waals surface area contributed by atoms with E-state index in [1.165, 1.54) is 22.3 Å². The van der Waals surface area contributed by atoms with Gasteiger partial charge in [-0.3, -0.25) is 14.9 Å². The molecule has 0 saturated carbocycles. The number of aromatic nitrogens is 1. The van der Waals surface area contributed by atoms with Crippen LogP contribution in [0.2, 0.25) is 5.02 Å². The van der Waals surface area contributed by atoms with Crippen molar-refractivity contribution in [3.05, 3.63) is 118 Å². The summed E-state index contributed by atoms with van der Waals surface area (Å²) in [4.78, 5) is 17.9. The van der Waals surface area contributed by atoms with Crippen LogP contribution in [0.15, 0.2) is 101 Å². The van der Waals surface area contributed by atoms with E-state index in [0.29, 0.717) is 24.8 Å². The Labute approximate surface area is 270 Å². The molecule has 3 aromatic carbocycles. The Hall–Kier alpha value is -4.24. The number of aliphatic imine (C=N–C) groups is 2. The number of ether oxygens (including phenoxy) is 1. The largest absolute Gasteiger partial charge is 0.378 e. The summed E-state index contributed by atoms with van der Waals surface area (Å²) in [7, 11) is 0. The van der Waals surface area contributed by atoms with Crippen LogP contribution in [0, 0.1) is 6.92 Å². The van der Waals surface area contributed by atoms with Crippen LogP contribution in [0.4, 0.5) is 5.69 Å². The third-order valence-electron chi connectivity index (χ3n) is 8.23. The molecule has 1 atom stereocenters. The predicted octanol–water partition coefficient (Wildman–Crippen LogP) is 6.08. The van der Waals surface area contributed by atoms with Crippen molar-refractivity contribution in [2.24, 2.45) is 9.98 Å². The van der Waals surface area contributed by atoms with Gasteiger partial charge in [-0.2, -0.15) is 0 Å². The number of rotatable bonds is 7. The molecule has 1 fully saturated rings. The van der Waals surface area contributed by atoms with Gasteiger partial charge in [-0.05, 0) is 54.0 Å². The topological polar surface area (TPSA) is 77.4 Å². The standard InChI is InChI=1S/C36H40ClN7O/c1-27-2-6-29(7-3-27)36(42-33-12-15-40-34-24-31(37)10-11-32(33)34)30-8-4-28(5-9-30)25-43-18-20-44(21-19-43)35-13-14-38-26-39-16-22-45-23-17-41-35/h2-15,24,26,36,41H,16-23,25H2,1H3,(H,40,42)/b35-13+,38-14?,39-26?. The minimum Gasteiger partial charge on any atom is -0.378 e. The summed E-state index contributed by atoms with van der Waals surface area (Å²) in [6.07, 6.45) is 7.28. The van der Waals surface area contributed by atoms with Crippen molar-refractivity contribution in [3.63, 3.8) is 0 Å². The zero-order valence-corrected chi connectivity index (χ0v) is 26.5. The number of anilines is 1. The quantitative estimate of drug-likeness (QED) is 0.261. The van der Waals surface area contributed by atoms with Gasteiger partial charge in [0, 0.05) is 67.8 Å². The fraction of sp³-hybridized carbons (Fsp3) is 0.306. The van der Waals surface area contributed by atoms with Crippen molar-refractivity contribution < 1.29 is 4.74 Å². The van der Waals surface area contributed by atoms with Crippen molar-refractivity contribution in [3.8, 4) is 0 Å². The van der Waals surface area contributed by atoms with E-state index in [9.17, 15) is 0 Å². The molecule has 232 valence electrons. The molecule has 0 spiro atoms. The molecule has 2 N–H and O–H groups in total. The van der Waals surface area contributed by atoms with Crippen molar-refractivity contribution in [1.82, 2.24) is 20.1 Å². The highest BCUT2D eigenvalue weighted by molar-refractivity contribution is 6.31. The van der Waals surface area contributed by atoms with Crippen LogP contribution in [-0.2, 0) is 11.3 Å². The summed E-state index contributed by atoms with van der Waals surface area (Å²) in [6, 6.07) is 25.7. The normalized spacial score (nSPS) is 18.4. The lowest BCUT2D eigenvalue weighted by Crippen LogP contribution is -2.48. The van der Waals surface area contributed by atoms with Crippen molar-refractivity contribution >= 4 is 40.7 Å². The highest BCUT2D eigenvalue weighted by Crippen LogP contribution is 2.32. The number of nitrogens with zero attached hydrogens (tertiary/aromatic N) is 5. The van der Waals surface area contributed by atoms with Crippen molar-refractivity contribution in [1.29, 1.82) is 0 Å². The smallest absolute Gasteiger partial charge is 0.109 e. The zero-order chi connectivity index (χ0) is 30.8. The van der Waals surface area contributed by atoms with Gasteiger partial charge < -0.3 is 20.3 Å². The molecule has 0 bridgehead atoms. The number of allylic oxidation sites excluding steroid dienone is 1. The number of aryl methyl sites for hydroxylation is 1. The average Bonchev–Trinajstić information content (AvgIpc) is 3.05. The van der Waals surface area contributed by atoms with Crippen LogP contribution in [0.1, 0.15) is 28.3 Å². The van der Waals surface area contributed by atoms with E-state index in [2.05, 4.69) is 90.9 Å². The Bertz CT molecular complexity index is 1640. The van der Waals surface area contributed by atoms with Gasteiger partial charge in [-0.1, -0.05) is 65.7 Å². The molecule has 1 saturated heterocycles. The number of nitrogens with one attached hydrogen (secondary N) is 2. The van der Waals surface area contributed by atoms with E-state index >= 15 is 0 Å². The molecule has 6 rings (SSSR count). The first-order chi connectivity index (χ1) is 22.1. The van der Waals surface area contributed by atoms with Gasteiger partial charge in [-0.25, -0.2) is 4.99 Å². The molecule has 1 unspecified atom stereocenters. The fourth-order valence-corrected chi connectivity index (χ4v) is 5.91. The molecule has 2 aliphatic heterocycles. The second kappa shape index (κ2) is 15.2. The van der Waals surface area contributed by atoms with Crippen LogP contribution in [0.5, 0.6) is 0 Å². The van der Waals surface area contributed by atoms with Gasteiger partial charge in [0.2, 0.25) is 0 Å². The summed E-state index contributed by atoms with van der Waals surface area (Å²) in [5, 5.41) is 9.08. The lowest BCUT2D eigenvalue weighted by Gasteiger charge is -2.37. The third kappa shape index (κ3) is 8.28. The molecular weight excluding hydrogens is 582 g/mol. The van der Waals surface area contributed by atoms with Crippen molar-refractivity contribution in [2.75, 3.05) is 57.8 Å². The first-order valence-electron chi connectivity index (χ1n) is 15.6. The van der Waals surface area contributed by atoms with Gasteiger partial charge in [0.25, 0.3) is 0 Å². The molecule has 8 nitrogen and oxygen atoms in total. The second-order valence-electron chi connectivity index (χ2n) is 11.4. The minimum absolute atomic E-state index is 0.0172. The molecule has 0 aliphatic carbocycles. The molecular formula is C36H40ClN7O. The first-order valence-corrected chi connectivity index (χ1v) is 16.0. The molecule has 2 aliphatic rings. The monoisotopic (exact) mass is 621 g/mol. The molecule has 0 radical (unpaired) electrons. The van der Waals surface area contributed by atoms with Crippen LogP contribution >= 0.6 is 11.6 Å². The van der Waals surface area contributed by atoms with E-state index in [0.717, 1.165) is 61.7 Å². The number of benzene rings is 3. The summed E-state index contributed by atoms with van der Waals surface area (Å²) >= 11 is 6.26. The highest BCUT2D eigenvalue weighted by Gasteiger charge is 2.20.